The largest absolute Gasteiger partial charge is 0.486 e. The highest BCUT2D eigenvalue weighted by Crippen LogP contribution is 2.24. The third-order valence-electron chi connectivity index (χ3n) is 9.73. The number of carbonyl (C=O) groups is 5. The molecular formula is C39H43N7O9. The summed E-state index contributed by atoms with van der Waals surface area (Å²) in [7, 11) is 2.02. The number of fused-ring (bicyclic) bond motifs is 8. The molecule has 0 radical (unpaired) electrons. The van der Waals surface area contributed by atoms with Gasteiger partial charge in [-0.1, -0.05) is 24.3 Å². The molecule has 2 saturated heterocycles. The molecule has 16 heteroatoms. The van der Waals surface area contributed by atoms with Crippen molar-refractivity contribution in [2.45, 2.75) is 38.1 Å². The minimum absolute atomic E-state index is 0.0465. The monoisotopic (exact) mass is 753 g/mol. The summed E-state index contributed by atoms with van der Waals surface area (Å²) in [5, 5.41) is 13.2. The Balaban J connectivity index is 0.00000166. The first-order chi connectivity index (χ1) is 26.6. The lowest BCUT2D eigenvalue weighted by Crippen LogP contribution is -2.45. The zero-order valence-electron chi connectivity index (χ0n) is 30.4. The molecule has 5 heterocycles. The minimum Gasteiger partial charge on any atom is -0.486 e. The number of likely N-dealkylation sites (N-methyl/N-ethyl adjacent to an activating group) is 1. The summed E-state index contributed by atoms with van der Waals surface area (Å²) >= 11 is 0. The first kappa shape index (κ1) is 38.4. The van der Waals surface area contributed by atoms with Gasteiger partial charge in [0.1, 0.15) is 17.6 Å². The molecule has 0 aliphatic carbocycles. The first-order valence-corrected chi connectivity index (χ1v) is 18.0. The quantitative estimate of drug-likeness (QED) is 0.255. The lowest BCUT2D eigenvalue weighted by Gasteiger charge is -2.22. The fourth-order valence-corrected chi connectivity index (χ4v) is 6.76. The van der Waals surface area contributed by atoms with Crippen LogP contribution in [0.25, 0.3) is 10.9 Å². The molecule has 3 N–H and O–H groups in total. The molecule has 0 saturated carbocycles. The number of nitrogens with one attached hydrogen (secondary N) is 2. The summed E-state index contributed by atoms with van der Waals surface area (Å²) in [6.07, 6.45) is 1.72. The molecule has 55 heavy (non-hydrogen) atoms. The van der Waals surface area contributed by atoms with E-state index in [1.165, 1.54) is 23.0 Å². The van der Waals surface area contributed by atoms with Crippen molar-refractivity contribution in [3.8, 4) is 11.5 Å². The fraction of sp³-hybridized carbons (Fsp3) is 0.359. The van der Waals surface area contributed by atoms with E-state index in [0.717, 1.165) is 25.1 Å². The van der Waals surface area contributed by atoms with Gasteiger partial charge in [-0.2, -0.15) is 0 Å². The summed E-state index contributed by atoms with van der Waals surface area (Å²) in [5.74, 6) is -0.532. The van der Waals surface area contributed by atoms with Gasteiger partial charge >= 0.3 is 0 Å². The number of para-hydroxylation sites is 1. The molecule has 1 aromatic heterocycles. The molecular weight excluding hydrogens is 710 g/mol. The van der Waals surface area contributed by atoms with Gasteiger partial charge in [0, 0.05) is 56.8 Å². The zero-order chi connectivity index (χ0) is 38.9. The lowest BCUT2D eigenvalue weighted by molar-refractivity contribution is -0.130. The van der Waals surface area contributed by atoms with Crippen LogP contribution < -0.4 is 25.7 Å². The summed E-state index contributed by atoms with van der Waals surface area (Å²) in [5.41, 5.74) is 1.66. The molecule has 0 unspecified atom stereocenters. The highest BCUT2D eigenvalue weighted by atomic mass is 16.5. The zero-order valence-corrected chi connectivity index (χ0v) is 30.4. The second-order valence-corrected chi connectivity index (χ2v) is 13.6. The number of carboxylic acid groups (broad SMARTS) is 1. The van der Waals surface area contributed by atoms with Gasteiger partial charge in [-0.15, -0.1) is 0 Å². The number of rotatable bonds is 4. The third-order valence-corrected chi connectivity index (χ3v) is 9.73. The molecule has 4 aliphatic heterocycles. The number of aryl methyl sites for hydroxylation is 1. The van der Waals surface area contributed by atoms with Crippen molar-refractivity contribution in [2.24, 2.45) is 0 Å². The molecule has 0 spiro atoms. The number of hydrogen-bond acceptors (Lipinski definition) is 10. The van der Waals surface area contributed by atoms with Crippen molar-refractivity contribution in [1.29, 1.82) is 0 Å². The summed E-state index contributed by atoms with van der Waals surface area (Å²) in [6, 6.07) is 18.3. The van der Waals surface area contributed by atoms with Gasteiger partial charge in [0.25, 0.3) is 29.8 Å². The van der Waals surface area contributed by atoms with Gasteiger partial charge < -0.3 is 39.9 Å². The average Bonchev–Trinajstić information content (AvgIpc) is 3.45. The van der Waals surface area contributed by atoms with Crippen molar-refractivity contribution in [1.82, 2.24) is 34.9 Å². The first-order valence-electron chi connectivity index (χ1n) is 18.0. The Bertz CT molecular complexity index is 2110. The maximum absolute atomic E-state index is 14.0. The molecule has 2 fully saturated rings. The van der Waals surface area contributed by atoms with Crippen LogP contribution >= 0.6 is 0 Å². The number of nitrogens with zero attached hydrogens (tertiary/aromatic N) is 5. The van der Waals surface area contributed by atoms with Crippen LogP contribution in [-0.2, 0) is 27.5 Å². The van der Waals surface area contributed by atoms with E-state index in [1.54, 1.807) is 46.2 Å². The summed E-state index contributed by atoms with van der Waals surface area (Å²) in [6.45, 7) is 2.94. The fourth-order valence-electron chi connectivity index (χ4n) is 6.76. The van der Waals surface area contributed by atoms with Crippen LogP contribution in [-0.4, -0.2) is 125 Å². The van der Waals surface area contributed by atoms with Crippen molar-refractivity contribution < 1.29 is 38.6 Å². The van der Waals surface area contributed by atoms with Gasteiger partial charge in [0.05, 0.1) is 29.8 Å². The second kappa shape index (κ2) is 17.7. The van der Waals surface area contributed by atoms with Gasteiger partial charge in [-0.25, -0.2) is 4.98 Å². The van der Waals surface area contributed by atoms with E-state index in [-0.39, 0.29) is 85.8 Å². The molecule has 4 bridgehead atoms. The molecule has 4 aliphatic rings. The second-order valence-electron chi connectivity index (χ2n) is 13.6. The van der Waals surface area contributed by atoms with E-state index < -0.39 is 18.1 Å². The van der Waals surface area contributed by atoms with E-state index in [2.05, 4.69) is 20.5 Å². The Hall–Kier alpha value is -6.29. The van der Waals surface area contributed by atoms with Crippen LogP contribution in [0.3, 0.4) is 0 Å². The number of likely N-dealkylation sites (tertiary alicyclic amines) is 1. The molecule has 4 amide bonds. The maximum atomic E-state index is 14.0. The third kappa shape index (κ3) is 9.64. The highest BCUT2D eigenvalue weighted by molar-refractivity contribution is 6.00. The van der Waals surface area contributed by atoms with Gasteiger partial charge in [-0.05, 0) is 68.0 Å². The van der Waals surface area contributed by atoms with Crippen LogP contribution in [0.2, 0.25) is 0 Å². The molecule has 16 nitrogen and oxygen atoms in total. The Labute approximate surface area is 316 Å². The van der Waals surface area contributed by atoms with Gasteiger partial charge in [-0.3, -0.25) is 33.3 Å². The molecule has 2 atom stereocenters. The Morgan fingerprint density at radius 3 is 2.53 bits per heavy atom. The normalized spacial score (nSPS) is 19.0. The Morgan fingerprint density at radius 1 is 0.945 bits per heavy atom. The van der Waals surface area contributed by atoms with Gasteiger partial charge in [0.15, 0.2) is 6.61 Å². The standard InChI is InChI=1S/C38H41N7O7.CH2O2/c1-42-12-4-13-43(16-15-42)37(49)27-17-26-18-29(19-27)51-23-34(46)39-20-25-7-9-28(10-8-25)52-33-22-45(21-32(33)41-36(26)48)35(47)11-14-44-24-40-31-6-3-2-5-30(31)38(44)50;2-1-3/h2-3,5-10,17-19,24,32-33H,4,11-16,20-23H2,1H3,(H,39,46)(H,41,48);1H,(H,2,3)/t32-,33-;/m0./s1. The van der Waals surface area contributed by atoms with Crippen LogP contribution in [0.15, 0.2) is 77.9 Å². The van der Waals surface area contributed by atoms with Crippen LogP contribution in [0.5, 0.6) is 11.5 Å². The molecule has 3 aromatic carbocycles. The molecule has 288 valence electrons. The topological polar surface area (TPSA) is 193 Å². The average molecular weight is 754 g/mol. The predicted octanol–water partition coefficient (Wildman–Crippen LogP) is 1.36. The van der Waals surface area contributed by atoms with E-state index in [1.807, 2.05) is 25.2 Å². The Morgan fingerprint density at radius 2 is 1.73 bits per heavy atom. The summed E-state index contributed by atoms with van der Waals surface area (Å²) < 4.78 is 13.6. The number of carbonyl (C=O) groups excluding carboxylic acids is 4. The molecule has 8 rings (SSSR count). The van der Waals surface area contributed by atoms with E-state index in [9.17, 15) is 24.0 Å². The maximum Gasteiger partial charge on any atom is 0.290 e. The minimum atomic E-state index is -0.606. The van der Waals surface area contributed by atoms with Crippen LogP contribution in [0.1, 0.15) is 39.1 Å². The number of benzene rings is 3. The predicted molar refractivity (Wildman–Crippen MR) is 200 cm³/mol. The number of hydrogen-bond donors (Lipinski definition) is 3. The van der Waals surface area contributed by atoms with Crippen molar-refractivity contribution in [3.63, 3.8) is 0 Å². The van der Waals surface area contributed by atoms with Crippen molar-refractivity contribution in [2.75, 3.05) is 52.9 Å². The van der Waals surface area contributed by atoms with Gasteiger partial charge in [0.2, 0.25) is 5.91 Å². The molecule has 4 aromatic rings. The van der Waals surface area contributed by atoms with Crippen LogP contribution in [0.4, 0.5) is 0 Å². The SMILES string of the molecule is CN1CCCN(C(=O)c2cc3cc(c2)C(=O)N[C@H]2CN(C(=O)CCn4cnc5ccccc5c4=O)C[C@@H]2Oc2ccc(cc2)CNC(=O)CO3)CC1.O=CO. The lowest BCUT2D eigenvalue weighted by atomic mass is 10.1. The van der Waals surface area contributed by atoms with Crippen molar-refractivity contribution >= 4 is 41.0 Å². The Kier molecular flexibility index (Phi) is 12.4. The van der Waals surface area contributed by atoms with E-state index >= 15 is 0 Å². The van der Waals surface area contributed by atoms with Crippen molar-refractivity contribution in [3.05, 3.63) is 100 Å². The van der Waals surface area contributed by atoms with E-state index in [0.29, 0.717) is 29.7 Å². The number of ether oxygens (including phenoxy) is 2. The smallest absolute Gasteiger partial charge is 0.290 e. The van der Waals surface area contributed by atoms with Crippen LogP contribution in [0, 0.1) is 0 Å². The highest BCUT2D eigenvalue weighted by Gasteiger charge is 2.38. The summed E-state index contributed by atoms with van der Waals surface area (Å²) in [4.78, 5) is 85.2. The van der Waals surface area contributed by atoms with E-state index in [4.69, 9.17) is 19.4 Å². The number of amides is 4. The number of aromatic nitrogens is 2.